The minimum absolute atomic E-state index is 0.201. The minimum Gasteiger partial charge on any atom is -0.274 e. The lowest BCUT2D eigenvalue weighted by atomic mass is 10.3. The van der Waals surface area contributed by atoms with Crippen molar-refractivity contribution in [2.75, 3.05) is 4.72 Å². The monoisotopic (exact) mass is 443 g/mol. The lowest BCUT2D eigenvalue weighted by Gasteiger charge is -2.11. The first-order valence-corrected chi connectivity index (χ1v) is 8.40. The van der Waals surface area contributed by atoms with E-state index in [2.05, 4.69) is 31.9 Å². The molecule has 0 fully saturated rings. The third-order valence-electron chi connectivity index (χ3n) is 2.43. The first-order valence-electron chi connectivity index (χ1n) is 5.33. The summed E-state index contributed by atoms with van der Waals surface area (Å²) >= 11 is 6.20. The fraction of sp³-hybridized carbons (Fsp3) is 0. The average molecular weight is 445 g/mol. The average Bonchev–Trinajstić information content (AvgIpc) is 2.33. The molecule has 0 aliphatic heterocycles. The van der Waals surface area contributed by atoms with E-state index in [1.54, 1.807) is 4.72 Å². The highest BCUT2D eigenvalue weighted by molar-refractivity contribution is 9.11. The summed E-state index contributed by atoms with van der Waals surface area (Å²) in [5.41, 5.74) is -0.939. The van der Waals surface area contributed by atoms with Gasteiger partial charge in [-0.15, -0.1) is 0 Å². The van der Waals surface area contributed by atoms with Gasteiger partial charge in [0.2, 0.25) is 0 Å². The second-order valence-corrected chi connectivity index (χ2v) is 7.35. The molecule has 0 amide bonds. The predicted octanol–water partition coefficient (Wildman–Crippen LogP) is 4.43. The van der Waals surface area contributed by atoms with Gasteiger partial charge < -0.3 is 0 Å². The molecule has 9 heteroatoms. The van der Waals surface area contributed by atoms with Crippen LogP contribution < -0.4 is 4.72 Å². The van der Waals surface area contributed by atoms with Crippen molar-refractivity contribution in [2.45, 2.75) is 4.90 Å². The molecule has 1 N–H and O–H groups in total. The number of halogens is 5. The van der Waals surface area contributed by atoms with Crippen molar-refractivity contribution >= 4 is 47.6 Å². The van der Waals surface area contributed by atoms with Gasteiger partial charge in [-0.2, -0.15) is 0 Å². The Bertz CT molecular complexity index is 789. The van der Waals surface area contributed by atoms with Gasteiger partial charge in [0, 0.05) is 21.1 Å². The Morgan fingerprint density at radius 3 is 2.05 bits per heavy atom. The molecule has 0 aromatic heterocycles. The van der Waals surface area contributed by atoms with E-state index in [9.17, 15) is 21.6 Å². The van der Waals surface area contributed by atoms with Crippen molar-refractivity contribution in [3.05, 3.63) is 56.7 Å². The second kappa shape index (κ2) is 5.98. The van der Waals surface area contributed by atoms with Gasteiger partial charge in [-0.25, -0.2) is 21.6 Å². The third-order valence-corrected chi connectivity index (χ3v) is 5.25. The van der Waals surface area contributed by atoms with E-state index in [4.69, 9.17) is 0 Å². The molecule has 0 aliphatic rings. The van der Waals surface area contributed by atoms with Gasteiger partial charge >= 0.3 is 0 Å². The van der Waals surface area contributed by atoms with Crippen molar-refractivity contribution in [3.63, 3.8) is 0 Å². The molecule has 0 saturated heterocycles. The molecule has 0 saturated carbocycles. The van der Waals surface area contributed by atoms with Gasteiger partial charge in [0.25, 0.3) is 10.0 Å². The summed E-state index contributed by atoms with van der Waals surface area (Å²) in [5, 5.41) is 0. The molecule has 2 aromatic carbocycles. The standard InChI is InChI=1S/C12H6Br2F3NO2S/c13-6-1-2-11(8(14)3-6)21(19,20)18-12-9(16)4-7(15)5-10(12)17/h1-5,18H. The maximum absolute atomic E-state index is 13.5. The van der Waals surface area contributed by atoms with Gasteiger partial charge in [0.05, 0.1) is 0 Å². The molecule has 0 atom stereocenters. The van der Waals surface area contributed by atoms with Crippen molar-refractivity contribution in [2.24, 2.45) is 0 Å². The maximum atomic E-state index is 13.5. The molecule has 2 aromatic rings. The van der Waals surface area contributed by atoms with Crippen LogP contribution >= 0.6 is 31.9 Å². The van der Waals surface area contributed by atoms with Gasteiger partial charge in [-0.1, -0.05) is 15.9 Å². The van der Waals surface area contributed by atoms with Crippen molar-refractivity contribution in [1.82, 2.24) is 0 Å². The van der Waals surface area contributed by atoms with Crippen LogP contribution in [0.25, 0.3) is 0 Å². The smallest absolute Gasteiger partial charge is 0.263 e. The quantitative estimate of drug-likeness (QED) is 0.761. The highest BCUT2D eigenvalue weighted by Crippen LogP contribution is 2.29. The molecule has 0 unspecified atom stereocenters. The minimum atomic E-state index is -4.24. The molecule has 3 nitrogen and oxygen atoms in total. The fourth-order valence-electron chi connectivity index (χ4n) is 1.52. The van der Waals surface area contributed by atoms with Crippen molar-refractivity contribution < 1.29 is 21.6 Å². The number of benzene rings is 2. The third kappa shape index (κ3) is 3.58. The van der Waals surface area contributed by atoms with Crippen LogP contribution in [0.4, 0.5) is 18.9 Å². The normalized spacial score (nSPS) is 11.5. The van der Waals surface area contributed by atoms with Crippen molar-refractivity contribution in [3.8, 4) is 0 Å². The zero-order chi connectivity index (χ0) is 15.8. The molecule has 0 heterocycles. The molecular weight excluding hydrogens is 439 g/mol. The SMILES string of the molecule is O=S(=O)(Nc1c(F)cc(F)cc1F)c1ccc(Br)cc1Br. The fourth-order valence-corrected chi connectivity index (χ4v) is 4.35. The van der Waals surface area contributed by atoms with E-state index >= 15 is 0 Å². The Morgan fingerprint density at radius 1 is 0.952 bits per heavy atom. The van der Waals surface area contributed by atoms with E-state index in [0.717, 1.165) is 0 Å². The Hall–Kier alpha value is -1.06. The van der Waals surface area contributed by atoms with Crippen LogP contribution in [-0.2, 0) is 10.0 Å². The molecular formula is C12H6Br2F3NO2S. The van der Waals surface area contributed by atoms with Crippen molar-refractivity contribution in [1.29, 1.82) is 0 Å². The number of hydrogen-bond acceptors (Lipinski definition) is 2. The van der Waals surface area contributed by atoms with E-state index in [-0.39, 0.29) is 9.37 Å². The van der Waals surface area contributed by atoms with Crippen LogP contribution in [0, 0.1) is 17.5 Å². The largest absolute Gasteiger partial charge is 0.274 e. The molecule has 0 spiro atoms. The summed E-state index contributed by atoms with van der Waals surface area (Å²) in [6, 6.07) is 4.94. The van der Waals surface area contributed by atoms with E-state index in [1.165, 1.54) is 18.2 Å². The molecule has 2 rings (SSSR count). The Morgan fingerprint density at radius 2 is 1.52 bits per heavy atom. The zero-order valence-corrected chi connectivity index (χ0v) is 14.0. The number of sulfonamides is 1. The first kappa shape index (κ1) is 16.3. The number of rotatable bonds is 3. The summed E-state index contributed by atoms with van der Waals surface area (Å²) in [5.74, 6) is -3.83. The van der Waals surface area contributed by atoms with Crippen LogP contribution in [0.5, 0.6) is 0 Å². The molecule has 0 bridgehead atoms. The highest BCUT2D eigenvalue weighted by Gasteiger charge is 2.22. The van der Waals surface area contributed by atoms with Crippen LogP contribution in [0.1, 0.15) is 0 Å². The van der Waals surface area contributed by atoms with Gasteiger partial charge in [0.1, 0.15) is 16.4 Å². The zero-order valence-electron chi connectivity index (χ0n) is 10.0. The van der Waals surface area contributed by atoms with Gasteiger partial charge in [-0.3, -0.25) is 4.72 Å². The topological polar surface area (TPSA) is 46.2 Å². The van der Waals surface area contributed by atoms with E-state index < -0.39 is 33.2 Å². The lowest BCUT2D eigenvalue weighted by molar-refractivity contribution is 0.547. The van der Waals surface area contributed by atoms with E-state index in [1.807, 2.05) is 0 Å². The summed E-state index contributed by atoms with van der Waals surface area (Å²) in [6.07, 6.45) is 0. The summed E-state index contributed by atoms with van der Waals surface area (Å²) in [7, 11) is -4.24. The maximum Gasteiger partial charge on any atom is 0.263 e. The van der Waals surface area contributed by atoms with Crippen LogP contribution in [0.2, 0.25) is 0 Å². The number of nitrogens with one attached hydrogen (secondary N) is 1. The molecule has 21 heavy (non-hydrogen) atoms. The Balaban J connectivity index is 2.47. The van der Waals surface area contributed by atoms with Crippen LogP contribution in [-0.4, -0.2) is 8.42 Å². The van der Waals surface area contributed by atoms with Gasteiger partial charge in [-0.05, 0) is 34.1 Å². The van der Waals surface area contributed by atoms with Gasteiger partial charge in [0.15, 0.2) is 11.6 Å². The van der Waals surface area contributed by atoms with Crippen LogP contribution in [0.15, 0.2) is 44.2 Å². The summed E-state index contributed by atoms with van der Waals surface area (Å²) < 4.78 is 66.7. The first-order chi connectivity index (χ1) is 9.70. The highest BCUT2D eigenvalue weighted by atomic mass is 79.9. The summed E-state index contributed by atoms with van der Waals surface area (Å²) in [4.78, 5) is -0.214. The molecule has 0 aliphatic carbocycles. The summed E-state index contributed by atoms with van der Waals surface area (Å²) in [6.45, 7) is 0. The number of anilines is 1. The second-order valence-electron chi connectivity index (χ2n) is 3.92. The Labute approximate surface area is 135 Å². The van der Waals surface area contributed by atoms with Crippen LogP contribution in [0.3, 0.4) is 0 Å². The molecule has 112 valence electrons. The lowest BCUT2D eigenvalue weighted by Crippen LogP contribution is -2.16. The number of hydrogen-bond donors (Lipinski definition) is 1. The Kier molecular flexibility index (Phi) is 4.64. The molecule has 0 radical (unpaired) electrons. The van der Waals surface area contributed by atoms with E-state index in [0.29, 0.717) is 16.6 Å². The predicted molar refractivity (Wildman–Crippen MR) is 79.0 cm³/mol.